The van der Waals surface area contributed by atoms with Crippen molar-refractivity contribution in [2.75, 3.05) is 74.7 Å². The van der Waals surface area contributed by atoms with E-state index in [0.717, 1.165) is 0 Å². The second kappa shape index (κ2) is 41.2. The van der Waals surface area contributed by atoms with Crippen LogP contribution in [0.15, 0.2) is 0 Å². The molecule has 0 fully saturated rings. The third-order valence-electron chi connectivity index (χ3n) is 9.23. The second-order valence-electron chi connectivity index (χ2n) is 22.2. The summed E-state index contributed by atoms with van der Waals surface area (Å²) in [7, 11) is 6.03. The van der Waals surface area contributed by atoms with Gasteiger partial charge < -0.3 is 47.4 Å². The zero-order valence-corrected chi connectivity index (χ0v) is 49.2. The van der Waals surface area contributed by atoms with Crippen molar-refractivity contribution >= 4 is 52.8 Å². The Hall–Kier alpha value is -4.01. The van der Waals surface area contributed by atoms with Gasteiger partial charge in [-0.05, 0) is 34.6 Å². The van der Waals surface area contributed by atoms with Crippen molar-refractivity contribution in [3.63, 3.8) is 0 Å². The Balaban J connectivity index is -0.000000152. The van der Waals surface area contributed by atoms with Crippen molar-refractivity contribution in [2.24, 2.45) is 33.0 Å². The van der Waals surface area contributed by atoms with Crippen LogP contribution in [0.1, 0.15) is 167 Å². The van der Waals surface area contributed by atoms with Crippen molar-refractivity contribution in [2.45, 2.75) is 198 Å². The highest BCUT2D eigenvalue weighted by atomic mass is 16.6. The molecule has 0 saturated carbocycles. The number of carbonyl (C=O) groups excluding carboxylic acids is 9. The van der Waals surface area contributed by atoms with Crippen molar-refractivity contribution in [3.05, 3.63) is 0 Å². The van der Waals surface area contributed by atoms with Gasteiger partial charge in [-0.2, -0.15) is 0 Å². The van der Waals surface area contributed by atoms with Crippen LogP contribution >= 0.6 is 0 Å². The maximum absolute atomic E-state index is 11.9. The number of Topliss-reactive ketones (excluding diaryl/α,β-unsaturated/α-hetero) is 5. The SMILES string of the molecule is C.C.CC(C)C(=O)OC(C)C(=O)OC(C)C(=O)C(C)(C)C.COC(C)COC(C)C(=O)C(C)(C)C.COCC(=O)OC(C)C(=O)C(C)(C)C.COCC(=O)OCC(=O)C(C)(C)C.COCCOCC(=O)C(C)(C)C. The molecule has 0 amide bonds. The van der Waals surface area contributed by atoms with E-state index in [0.29, 0.717) is 19.8 Å². The van der Waals surface area contributed by atoms with Gasteiger partial charge in [-0.15, -0.1) is 0 Å². The summed E-state index contributed by atoms with van der Waals surface area (Å²) in [5.74, 6) is -2.65. The fraction of sp³-hybridized carbons (Fsp3) is 0.836. The zero-order valence-electron chi connectivity index (χ0n) is 49.2. The molecule has 0 saturated heterocycles. The maximum atomic E-state index is 11.9. The maximum Gasteiger partial charge on any atom is 0.347 e. The third-order valence-corrected chi connectivity index (χ3v) is 9.23. The third kappa shape index (κ3) is 45.4. The zero-order chi connectivity index (χ0) is 58.2. The standard InChI is InChI=1S/C14H24O5.C11H22O3.C10H18O4.C9H16O4.C9H18O3.2CH4/c1-8(2)12(16)19-10(4)13(17)18-9(3)11(15)14(5,6)7;1-8(13-6)7-14-9(2)10(12)11(3,4)5;1-7(9(12)10(2,3)4)14-8(11)6-13-5;1-9(2,3)7(10)5-13-8(11)6-12-4;1-9(2,3)8(10)7-12-6-5-11-4;;/h8-10H,1-7H3;8-9H,7H2,1-6H3;7H,6H2,1-5H3;5-6H2,1-4H3;5-7H2,1-4H3;2*1H4. The molecule has 440 valence electrons. The number of ketones is 5. The van der Waals surface area contributed by atoms with Gasteiger partial charge in [-0.3, -0.25) is 28.8 Å². The van der Waals surface area contributed by atoms with Crippen LogP contribution in [0.2, 0.25) is 0 Å². The molecule has 0 aliphatic carbocycles. The number of hydrogen-bond donors (Lipinski definition) is 0. The predicted molar refractivity (Wildman–Crippen MR) is 287 cm³/mol. The Bertz CT molecular complexity index is 1620. The molecule has 0 aliphatic rings. The van der Waals surface area contributed by atoms with E-state index in [4.69, 9.17) is 33.2 Å². The van der Waals surface area contributed by atoms with E-state index in [1.807, 2.05) is 48.5 Å². The van der Waals surface area contributed by atoms with Crippen LogP contribution in [0.3, 0.4) is 0 Å². The molecule has 0 aromatic heterocycles. The van der Waals surface area contributed by atoms with E-state index in [2.05, 4.69) is 14.2 Å². The van der Waals surface area contributed by atoms with Crippen molar-refractivity contribution < 1.29 is 90.5 Å². The molecular formula is C55H106O19. The highest BCUT2D eigenvalue weighted by Crippen LogP contribution is 2.21. The lowest BCUT2D eigenvalue weighted by Crippen LogP contribution is -2.37. The molecule has 74 heavy (non-hydrogen) atoms. The van der Waals surface area contributed by atoms with Gasteiger partial charge in [0.05, 0.1) is 31.8 Å². The first-order valence-electron chi connectivity index (χ1n) is 24.0. The van der Waals surface area contributed by atoms with Gasteiger partial charge in [-0.25, -0.2) is 14.4 Å². The van der Waals surface area contributed by atoms with E-state index in [9.17, 15) is 43.2 Å². The summed E-state index contributed by atoms with van der Waals surface area (Å²) in [6, 6.07) is 0. The highest BCUT2D eigenvalue weighted by Gasteiger charge is 2.32. The molecule has 5 unspecified atom stereocenters. The fourth-order valence-corrected chi connectivity index (χ4v) is 4.38. The highest BCUT2D eigenvalue weighted by molar-refractivity contribution is 5.91. The Morgan fingerprint density at radius 1 is 0.392 bits per heavy atom. The Labute approximate surface area is 447 Å². The summed E-state index contributed by atoms with van der Waals surface area (Å²) in [6.45, 7) is 40.1. The summed E-state index contributed by atoms with van der Waals surface area (Å²) < 4.78 is 48.9. The summed E-state index contributed by atoms with van der Waals surface area (Å²) >= 11 is 0. The molecule has 0 heterocycles. The van der Waals surface area contributed by atoms with Crippen LogP contribution in [0.25, 0.3) is 0 Å². The molecule has 0 aromatic carbocycles. The lowest BCUT2D eigenvalue weighted by molar-refractivity contribution is -0.173. The van der Waals surface area contributed by atoms with Gasteiger partial charge >= 0.3 is 23.9 Å². The van der Waals surface area contributed by atoms with Gasteiger partial charge in [0.25, 0.3) is 0 Å². The van der Waals surface area contributed by atoms with Crippen LogP contribution in [0.5, 0.6) is 0 Å². The normalized spacial score (nSPS) is 13.3. The van der Waals surface area contributed by atoms with Crippen LogP contribution in [-0.2, 0) is 90.5 Å². The van der Waals surface area contributed by atoms with Gasteiger partial charge in [0.2, 0.25) is 0 Å². The quantitative estimate of drug-likeness (QED) is 0.0527. The first-order chi connectivity index (χ1) is 32.4. The van der Waals surface area contributed by atoms with Crippen LogP contribution in [0, 0.1) is 33.0 Å². The Morgan fingerprint density at radius 2 is 0.757 bits per heavy atom. The predicted octanol–water partition coefficient (Wildman–Crippen LogP) is 8.67. The lowest BCUT2D eigenvalue weighted by atomic mass is 9.88. The van der Waals surface area contributed by atoms with E-state index in [1.165, 1.54) is 28.1 Å². The molecule has 0 radical (unpaired) electrons. The van der Waals surface area contributed by atoms with Crippen molar-refractivity contribution in [3.8, 4) is 0 Å². The molecule has 0 N–H and O–H groups in total. The second-order valence-corrected chi connectivity index (χ2v) is 22.2. The first-order valence-corrected chi connectivity index (χ1v) is 24.0. The van der Waals surface area contributed by atoms with E-state index < -0.39 is 58.4 Å². The number of hydrogen-bond acceptors (Lipinski definition) is 19. The van der Waals surface area contributed by atoms with Gasteiger partial charge in [0, 0.05) is 55.5 Å². The lowest BCUT2D eigenvalue weighted by Gasteiger charge is -2.23. The fourth-order valence-electron chi connectivity index (χ4n) is 4.38. The average molecular weight is 1070 g/mol. The number of ether oxygens (including phenoxy) is 10. The first kappa shape index (κ1) is 84.0. The van der Waals surface area contributed by atoms with Crippen LogP contribution < -0.4 is 0 Å². The molecule has 19 heteroatoms. The molecule has 0 spiro atoms. The number of methoxy groups -OCH3 is 4. The summed E-state index contributed by atoms with van der Waals surface area (Å²) in [5.41, 5.74) is -2.18. The van der Waals surface area contributed by atoms with Gasteiger partial charge in [0.15, 0.2) is 53.8 Å². The minimum Gasteiger partial charge on any atom is -0.456 e. The molecule has 0 bridgehead atoms. The monoisotopic (exact) mass is 1070 g/mol. The van der Waals surface area contributed by atoms with Crippen molar-refractivity contribution in [1.29, 1.82) is 0 Å². The Morgan fingerprint density at radius 3 is 1.11 bits per heavy atom. The largest absolute Gasteiger partial charge is 0.456 e. The molecule has 0 aromatic rings. The topological polar surface area (TPSA) is 246 Å². The number of carbonyl (C=O) groups is 9. The molecular weight excluding hydrogens is 965 g/mol. The summed E-state index contributed by atoms with van der Waals surface area (Å²) in [6.07, 6.45) is -2.90. The molecule has 5 atom stereocenters. The van der Waals surface area contributed by atoms with Crippen molar-refractivity contribution in [1.82, 2.24) is 0 Å². The van der Waals surface area contributed by atoms with Crippen LogP contribution in [-0.4, -0.2) is 158 Å². The van der Waals surface area contributed by atoms with Gasteiger partial charge in [0.1, 0.15) is 25.9 Å². The Kier molecular flexibility index (Phi) is 46.7. The van der Waals surface area contributed by atoms with E-state index >= 15 is 0 Å². The van der Waals surface area contributed by atoms with E-state index in [1.54, 1.807) is 104 Å². The van der Waals surface area contributed by atoms with Crippen LogP contribution in [0.4, 0.5) is 0 Å². The number of rotatable bonds is 23. The molecule has 19 nitrogen and oxygen atoms in total. The number of esters is 4. The van der Waals surface area contributed by atoms with Gasteiger partial charge in [-0.1, -0.05) is 133 Å². The molecule has 0 aliphatic heterocycles. The summed E-state index contributed by atoms with van der Waals surface area (Å²) in [4.78, 5) is 102. The van der Waals surface area contributed by atoms with E-state index in [-0.39, 0.29) is 99.2 Å². The average Bonchev–Trinajstić information content (AvgIpc) is 3.24. The summed E-state index contributed by atoms with van der Waals surface area (Å²) in [5, 5.41) is 0. The minimum absolute atomic E-state index is 0. The molecule has 0 rings (SSSR count). The smallest absolute Gasteiger partial charge is 0.347 e. The minimum atomic E-state index is -1.01.